The van der Waals surface area contributed by atoms with E-state index in [-0.39, 0.29) is 0 Å². The first-order valence-electron chi connectivity index (χ1n) is 5.92. The zero-order valence-corrected chi connectivity index (χ0v) is 11.1. The van der Waals surface area contributed by atoms with E-state index in [4.69, 9.17) is 0 Å². The van der Waals surface area contributed by atoms with Gasteiger partial charge >= 0.3 is 0 Å². The molecule has 92 valence electrons. The minimum atomic E-state index is -0.423. The molecule has 2 heterocycles. The lowest BCUT2D eigenvalue weighted by Crippen LogP contribution is -2.06. The molecule has 0 saturated carbocycles. The summed E-state index contributed by atoms with van der Waals surface area (Å²) in [6.07, 6.45) is 2.15. The number of aliphatic hydroxyl groups is 1. The molecule has 0 amide bonds. The second-order valence-electron chi connectivity index (χ2n) is 4.22. The first-order valence-corrected chi connectivity index (χ1v) is 6.87. The maximum Gasteiger partial charge on any atom is 0.0959 e. The average molecular weight is 250 g/mol. The standard InChI is InChI=1S/C13H18N2OS/c1-3-11-8-12(15(2)14-11)13(16)5-4-10-6-7-17-9-10/h6-9,13,16H,3-5H2,1-2H3. The molecule has 0 bridgehead atoms. The van der Waals surface area contributed by atoms with Crippen LogP contribution in [0.3, 0.4) is 0 Å². The highest BCUT2D eigenvalue weighted by molar-refractivity contribution is 7.07. The van der Waals surface area contributed by atoms with Crippen molar-refractivity contribution in [1.82, 2.24) is 9.78 Å². The van der Waals surface area contributed by atoms with Crippen LogP contribution in [0.25, 0.3) is 0 Å². The van der Waals surface area contributed by atoms with E-state index in [9.17, 15) is 5.11 Å². The van der Waals surface area contributed by atoms with E-state index in [1.54, 1.807) is 16.0 Å². The number of hydrogen-bond acceptors (Lipinski definition) is 3. The van der Waals surface area contributed by atoms with Crippen LogP contribution in [0, 0.1) is 0 Å². The first kappa shape index (κ1) is 12.3. The lowest BCUT2D eigenvalue weighted by Gasteiger charge is -2.09. The van der Waals surface area contributed by atoms with E-state index in [1.807, 2.05) is 13.1 Å². The van der Waals surface area contributed by atoms with Gasteiger partial charge < -0.3 is 5.11 Å². The fourth-order valence-electron chi connectivity index (χ4n) is 1.91. The van der Waals surface area contributed by atoms with Crippen LogP contribution in [0.5, 0.6) is 0 Å². The molecule has 17 heavy (non-hydrogen) atoms. The molecule has 2 aromatic rings. The maximum absolute atomic E-state index is 10.2. The zero-order valence-electron chi connectivity index (χ0n) is 10.3. The molecular formula is C13H18N2OS. The van der Waals surface area contributed by atoms with Gasteiger partial charge in [-0.25, -0.2) is 0 Å². The molecule has 0 aliphatic rings. The van der Waals surface area contributed by atoms with Gasteiger partial charge in [-0.15, -0.1) is 0 Å². The zero-order chi connectivity index (χ0) is 12.3. The fraction of sp³-hybridized carbons (Fsp3) is 0.462. The molecule has 2 rings (SSSR count). The summed E-state index contributed by atoms with van der Waals surface area (Å²) >= 11 is 1.70. The van der Waals surface area contributed by atoms with Gasteiger partial charge in [-0.1, -0.05) is 6.92 Å². The molecular weight excluding hydrogens is 232 g/mol. The third kappa shape index (κ3) is 2.96. The van der Waals surface area contributed by atoms with E-state index >= 15 is 0 Å². The summed E-state index contributed by atoms with van der Waals surface area (Å²) in [6, 6.07) is 4.11. The van der Waals surface area contributed by atoms with Crippen molar-refractivity contribution in [2.75, 3.05) is 0 Å². The van der Waals surface area contributed by atoms with Gasteiger partial charge in [0.05, 0.1) is 17.5 Å². The highest BCUT2D eigenvalue weighted by Gasteiger charge is 2.13. The van der Waals surface area contributed by atoms with Crippen molar-refractivity contribution in [3.63, 3.8) is 0 Å². The van der Waals surface area contributed by atoms with Crippen molar-refractivity contribution >= 4 is 11.3 Å². The quantitative estimate of drug-likeness (QED) is 0.886. The summed E-state index contributed by atoms with van der Waals surface area (Å²) in [5.41, 5.74) is 3.25. The Hall–Kier alpha value is -1.13. The predicted molar refractivity (Wildman–Crippen MR) is 70.2 cm³/mol. The highest BCUT2D eigenvalue weighted by atomic mass is 32.1. The van der Waals surface area contributed by atoms with Crippen LogP contribution in [0.15, 0.2) is 22.9 Å². The second-order valence-corrected chi connectivity index (χ2v) is 5.00. The molecule has 0 radical (unpaired) electrons. The molecule has 2 aromatic heterocycles. The van der Waals surface area contributed by atoms with Gasteiger partial charge in [-0.2, -0.15) is 16.4 Å². The van der Waals surface area contributed by atoms with Crippen molar-refractivity contribution in [3.8, 4) is 0 Å². The number of thiophene rings is 1. The number of rotatable bonds is 5. The molecule has 0 saturated heterocycles. The monoisotopic (exact) mass is 250 g/mol. The van der Waals surface area contributed by atoms with Gasteiger partial charge in [0.2, 0.25) is 0 Å². The Morgan fingerprint density at radius 1 is 1.53 bits per heavy atom. The first-order chi connectivity index (χ1) is 8.20. The van der Waals surface area contributed by atoms with Gasteiger partial charge in [-0.3, -0.25) is 4.68 Å². The number of hydrogen-bond donors (Lipinski definition) is 1. The molecule has 1 atom stereocenters. The molecule has 3 nitrogen and oxygen atoms in total. The average Bonchev–Trinajstić information content (AvgIpc) is 2.94. The highest BCUT2D eigenvalue weighted by Crippen LogP contribution is 2.20. The van der Waals surface area contributed by atoms with E-state index in [2.05, 4.69) is 28.8 Å². The summed E-state index contributed by atoms with van der Waals surface area (Å²) in [5.74, 6) is 0. The molecule has 0 aliphatic heterocycles. The molecule has 0 aliphatic carbocycles. The summed E-state index contributed by atoms with van der Waals surface area (Å²) in [4.78, 5) is 0. The van der Waals surface area contributed by atoms with E-state index in [0.29, 0.717) is 0 Å². The van der Waals surface area contributed by atoms with Crippen LogP contribution >= 0.6 is 11.3 Å². The van der Waals surface area contributed by atoms with Gasteiger partial charge in [0.1, 0.15) is 0 Å². The molecule has 0 aromatic carbocycles. The van der Waals surface area contributed by atoms with Gasteiger partial charge in [-0.05, 0) is 47.7 Å². The Bertz CT molecular complexity index is 462. The van der Waals surface area contributed by atoms with E-state index in [1.165, 1.54) is 5.56 Å². The molecule has 1 N–H and O–H groups in total. The van der Waals surface area contributed by atoms with Crippen LogP contribution in [0.4, 0.5) is 0 Å². The van der Waals surface area contributed by atoms with Crippen LogP contribution in [-0.4, -0.2) is 14.9 Å². The largest absolute Gasteiger partial charge is 0.387 e. The van der Waals surface area contributed by atoms with Crippen molar-refractivity contribution in [2.24, 2.45) is 7.05 Å². The molecule has 4 heteroatoms. The molecule has 0 spiro atoms. The Balaban J connectivity index is 1.99. The van der Waals surface area contributed by atoms with Crippen molar-refractivity contribution in [3.05, 3.63) is 39.8 Å². The van der Waals surface area contributed by atoms with Gasteiger partial charge in [0.15, 0.2) is 0 Å². The minimum absolute atomic E-state index is 0.423. The fourth-order valence-corrected chi connectivity index (χ4v) is 2.62. The van der Waals surface area contributed by atoms with Crippen LogP contribution in [0.2, 0.25) is 0 Å². The van der Waals surface area contributed by atoms with E-state index < -0.39 is 6.10 Å². The molecule has 0 fully saturated rings. The van der Waals surface area contributed by atoms with Crippen molar-refractivity contribution < 1.29 is 5.11 Å². The SMILES string of the molecule is CCc1cc(C(O)CCc2ccsc2)n(C)n1. The third-order valence-corrected chi connectivity index (χ3v) is 3.69. The maximum atomic E-state index is 10.2. The van der Waals surface area contributed by atoms with E-state index in [0.717, 1.165) is 30.7 Å². The normalized spacial score (nSPS) is 12.9. The second kappa shape index (κ2) is 5.47. The summed E-state index contributed by atoms with van der Waals surface area (Å²) in [6.45, 7) is 2.07. The number of aliphatic hydroxyl groups excluding tert-OH is 1. The lowest BCUT2D eigenvalue weighted by atomic mass is 10.1. The topological polar surface area (TPSA) is 38.0 Å². The molecule has 1 unspecified atom stereocenters. The Labute approximate surface area is 106 Å². The van der Waals surface area contributed by atoms with Crippen molar-refractivity contribution in [1.29, 1.82) is 0 Å². The van der Waals surface area contributed by atoms with Crippen LogP contribution in [0.1, 0.15) is 36.4 Å². The van der Waals surface area contributed by atoms with Crippen LogP contribution < -0.4 is 0 Å². The van der Waals surface area contributed by atoms with Gasteiger partial charge in [0, 0.05) is 7.05 Å². The summed E-state index contributed by atoms with van der Waals surface area (Å²) in [7, 11) is 1.89. The smallest absolute Gasteiger partial charge is 0.0959 e. The lowest BCUT2D eigenvalue weighted by molar-refractivity contribution is 0.158. The summed E-state index contributed by atoms with van der Waals surface area (Å²) < 4.78 is 1.79. The minimum Gasteiger partial charge on any atom is -0.387 e. The third-order valence-electron chi connectivity index (χ3n) is 2.96. The number of aryl methyl sites for hydroxylation is 3. The summed E-state index contributed by atoms with van der Waals surface area (Å²) in [5, 5.41) is 18.7. The Kier molecular flexibility index (Phi) is 3.97. The van der Waals surface area contributed by atoms with Crippen LogP contribution in [-0.2, 0) is 19.9 Å². The van der Waals surface area contributed by atoms with Gasteiger partial charge in [0.25, 0.3) is 0 Å². The number of aromatic nitrogens is 2. The predicted octanol–water partition coefficient (Wildman–Crippen LogP) is 2.71. The Morgan fingerprint density at radius 3 is 2.94 bits per heavy atom. The number of nitrogens with zero attached hydrogens (tertiary/aromatic N) is 2. The Morgan fingerprint density at radius 2 is 2.35 bits per heavy atom. The van der Waals surface area contributed by atoms with Crippen molar-refractivity contribution in [2.45, 2.75) is 32.3 Å².